The van der Waals surface area contributed by atoms with Crippen LogP contribution < -0.4 is 0 Å². The van der Waals surface area contributed by atoms with Gasteiger partial charge in [0.2, 0.25) is 0 Å². The van der Waals surface area contributed by atoms with Gasteiger partial charge in [-0.3, -0.25) is 0 Å². The van der Waals surface area contributed by atoms with E-state index in [4.69, 9.17) is 0 Å². The molecule has 0 aliphatic rings. The van der Waals surface area contributed by atoms with Crippen LogP contribution in [0.4, 0.5) is 0 Å². The Kier molecular flexibility index (Phi) is 19.4. The molecule has 0 rings (SSSR count). The zero-order valence-electron chi connectivity index (χ0n) is 38.6. The molecule has 0 heterocycles. The third-order valence-corrected chi connectivity index (χ3v) is 25.1. The van der Waals surface area contributed by atoms with Gasteiger partial charge in [0, 0.05) is 0 Å². The Balaban J connectivity index is 9.63. The summed E-state index contributed by atoms with van der Waals surface area (Å²) < 4.78 is 0.904. The van der Waals surface area contributed by atoms with Crippen molar-refractivity contribution in [2.24, 2.45) is 32.5 Å². The van der Waals surface area contributed by atoms with Crippen molar-refractivity contribution in [3.63, 3.8) is 0 Å². The van der Waals surface area contributed by atoms with Crippen LogP contribution in [0.2, 0.25) is 12.8 Å². The third-order valence-electron chi connectivity index (χ3n) is 18.2. The SMILES string of the molecule is CCC(C)(CC)C[C](C)([Cr]([C](C)(CC(C)(CC)CC)C(CC)(CC)CC)[C](C)(CC(C)(CC)CC)C(CC)(CC)CC)C(CC)(CC)CC. The summed E-state index contributed by atoms with van der Waals surface area (Å²) in [5.41, 5.74) is 2.12. The van der Waals surface area contributed by atoms with Gasteiger partial charge in [0.05, 0.1) is 0 Å². The monoisotopic (exact) mass is 728 g/mol. The van der Waals surface area contributed by atoms with E-state index in [2.05, 4.69) is 145 Å². The van der Waals surface area contributed by atoms with Gasteiger partial charge in [0.1, 0.15) is 0 Å². The fraction of sp³-hybridized carbons (Fsp3) is 1.00. The van der Waals surface area contributed by atoms with Crippen LogP contribution in [-0.4, -0.2) is 0 Å². The van der Waals surface area contributed by atoms with Crippen molar-refractivity contribution in [3.8, 4) is 0 Å². The Morgan fingerprint density at radius 2 is 0.388 bits per heavy atom. The first kappa shape index (κ1) is 49.5. The van der Waals surface area contributed by atoms with Crippen molar-refractivity contribution in [1.29, 1.82) is 0 Å². The summed E-state index contributed by atoms with van der Waals surface area (Å²) in [6.07, 6.45) is 23.8. The normalized spacial score (nSPS) is 18.0. The van der Waals surface area contributed by atoms with Gasteiger partial charge in [-0.2, -0.15) is 0 Å². The molecule has 0 aliphatic carbocycles. The van der Waals surface area contributed by atoms with Gasteiger partial charge < -0.3 is 0 Å². The molecule has 0 saturated carbocycles. The summed E-state index contributed by atoms with van der Waals surface area (Å²) >= 11 is -1.60. The summed E-state index contributed by atoms with van der Waals surface area (Å²) in [5, 5.41) is 0. The molecule has 0 bridgehead atoms. The van der Waals surface area contributed by atoms with Crippen molar-refractivity contribution >= 4 is 0 Å². The van der Waals surface area contributed by atoms with Gasteiger partial charge >= 0.3 is 320 Å². The Hall–Kier alpha value is 0.532. The van der Waals surface area contributed by atoms with Crippen molar-refractivity contribution in [2.75, 3.05) is 0 Å². The van der Waals surface area contributed by atoms with Crippen LogP contribution in [0.3, 0.4) is 0 Å². The quantitative estimate of drug-likeness (QED) is 0.0790. The molecule has 297 valence electrons. The molecule has 0 nitrogen and oxygen atoms in total. The summed E-state index contributed by atoms with van der Waals surface area (Å²) in [6.45, 7) is 55.8. The van der Waals surface area contributed by atoms with Crippen molar-refractivity contribution in [3.05, 3.63) is 0 Å². The van der Waals surface area contributed by atoms with E-state index in [9.17, 15) is 0 Å². The molecular formula is C48H99Cr. The third kappa shape index (κ3) is 8.92. The first-order chi connectivity index (χ1) is 22.6. The summed E-state index contributed by atoms with van der Waals surface area (Å²) in [6, 6.07) is 0. The molecule has 1 heteroatoms. The molecule has 0 N–H and O–H groups in total. The molecule has 0 aromatic heterocycles. The molecule has 0 aromatic rings. The molecule has 0 fully saturated rings. The molecule has 0 spiro atoms. The minimum atomic E-state index is -1.60. The topological polar surface area (TPSA) is 0 Å². The second-order valence-electron chi connectivity index (χ2n) is 19.1. The van der Waals surface area contributed by atoms with Gasteiger partial charge in [0.25, 0.3) is 0 Å². The Morgan fingerprint density at radius 3 is 0.490 bits per heavy atom. The summed E-state index contributed by atoms with van der Waals surface area (Å²) in [4.78, 5) is 0. The first-order valence-electron chi connectivity index (χ1n) is 22.4. The van der Waals surface area contributed by atoms with Crippen LogP contribution >= 0.6 is 0 Å². The van der Waals surface area contributed by atoms with E-state index in [-0.39, 0.29) is 0 Å². The number of rotatable bonds is 27. The van der Waals surface area contributed by atoms with Gasteiger partial charge in [-0.15, -0.1) is 0 Å². The zero-order valence-corrected chi connectivity index (χ0v) is 39.9. The fourth-order valence-electron chi connectivity index (χ4n) is 12.5. The van der Waals surface area contributed by atoms with E-state index < -0.39 is 14.1 Å². The molecular weight excluding hydrogens is 629 g/mol. The zero-order chi connectivity index (χ0) is 38.8. The summed E-state index contributed by atoms with van der Waals surface area (Å²) in [7, 11) is 0. The van der Waals surface area contributed by atoms with Crippen LogP contribution in [0, 0.1) is 32.5 Å². The van der Waals surface area contributed by atoms with E-state index in [0.29, 0.717) is 45.3 Å². The van der Waals surface area contributed by atoms with E-state index in [1.165, 1.54) is 116 Å². The van der Waals surface area contributed by atoms with Gasteiger partial charge in [-0.1, -0.05) is 0 Å². The number of hydrogen-bond acceptors (Lipinski definition) is 0. The Bertz CT molecular complexity index is 762. The molecule has 0 aromatic carbocycles. The van der Waals surface area contributed by atoms with Crippen LogP contribution in [0.5, 0.6) is 0 Å². The number of hydrogen-bond donors (Lipinski definition) is 0. The molecule has 0 radical (unpaired) electrons. The van der Waals surface area contributed by atoms with E-state index in [1.54, 1.807) is 0 Å². The Morgan fingerprint density at radius 1 is 0.245 bits per heavy atom. The predicted octanol–water partition coefficient (Wildman–Crippen LogP) is 18.4. The molecule has 49 heavy (non-hydrogen) atoms. The summed E-state index contributed by atoms with van der Waals surface area (Å²) in [5.74, 6) is 0. The molecule has 0 aliphatic heterocycles. The van der Waals surface area contributed by atoms with E-state index >= 15 is 0 Å². The molecule has 3 unspecified atom stereocenters. The Labute approximate surface area is 319 Å². The molecule has 0 amide bonds. The average molecular weight is 728 g/mol. The van der Waals surface area contributed by atoms with Gasteiger partial charge in [-0.05, 0) is 0 Å². The fourth-order valence-corrected chi connectivity index (χ4v) is 23.5. The second-order valence-corrected chi connectivity index (χ2v) is 24.3. The molecule has 0 saturated heterocycles. The first-order valence-corrected chi connectivity index (χ1v) is 24.3. The van der Waals surface area contributed by atoms with Crippen LogP contribution in [0.1, 0.15) is 261 Å². The van der Waals surface area contributed by atoms with E-state index in [1.807, 2.05) is 0 Å². The maximum absolute atomic E-state index is 3.00. The maximum atomic E-state index is 3.00. The van der Waals surface area contributed by atoms with E-state index in [0.717, 1.165) is 0 Å². The standard InChI is InChI=1S/3C16H33.Cr/c3*1-8-15(7,9-2)13-14(6)16(10-3,11-4)12-5;/h3*8-13H2,1-7H3;. The molecule has 3 atom stereocenters. The van der Waals surface area contributed by atoms with Crippen LogP contribution in [0.15, 0.2) is 0 Å². The van der Waals surface area contributed by atoms with Crippen molar-refractivity contribution < 1.29 is 14.1 Å². The van der Waals surface area contributed by atoms with Crippen LogP contribution in [0.25, 0.3) is 0 Å². The van der Waals surface area contributed by atoms with Crippen LogP contribution in [-0.2, 0) is 14.1 Å². The van der Waals surface area contributed by atoms with Gasteiger partial charge in [0.15, 0.2) is 0 Å². The second kappa shape index (κ2) is 19.2. The minimum absolute atomic E-state index is 0.301. The average Bonchev–Trinajstić information content (AvgIpc) is 3.10. The predicted molar refractivity (Wildman–Crippen MR) is 225 cm³/mol. The van der Waals surface area contributed by atoms with Crippen molar-refractivity contribution in [2.45, 2.75) is 274 Å². The van der Waals surface area contributed by atoms with Crippen molar-refractivity contribution in [1.82, 2.24) is 0 Å². The van der Waals surface area contributed by atoms with Gasteiger partial charge in [-0.25, -0.2) is 0 Å².